The predicted molar refractivity (Wildman–Crippen MR) is 62.2 cm³/mol. The highest BCUT2D eigenvalue weighted by molar-refractivity contribution is 9.09. The highest BCUT2D eigenvalue weighted by Gasteiger charge is 2.55. The fourth-order valence-electron chi connectivity index (χ4n) is 2.19. The predicted octanol–water partition coefficient (Wildman–Crippen LogP) is 2.78. The van der Waals surface area contributed by atoms with Crippen LogP contribution in [-0.2, 0) is 4.74 Å². The summed E-state index contributed by atoms with van der Waals surface area (Å²) in [6.07, 6.45) is 2.31. The Morgan fingerprint density at radius 2 is 2.07 bits per heavy atom. The molecule has 0 bridgehead atoms. The van der Waals surface area contributed by atoms with Crippen LogP contribution in [0.25, 0.3) is 0 Å². The Morgan fingerprint density at radius 1 is 1.47 bits per heavy atom. The average Bonchev–Trinajstić information content (AvgIpc) is 1.95. The zero-order valence-electron chi connectivity index (χ0n) is 9.55. The third kappa shape index (κ3) is 2.01. The quantitative estimate of drug-likeness (QED) is 0.637. The van der Waals surface area contributed by atoms with Crippen molar-refractivity contribution >= 4 is 22.0 Å². The number of amides is 1. The summed E-state index contributed by atoms with van der Waals surface area (Å²) in [7, 11) is 0. The molecule has 2 fully saturated rings. The van der Waals surface area contributed by atoms with E-state index in [1.165, 1.54) is 12.8 Å². The molecule has 4 heteroatoms. The van der Waals surface area contributed by atoms with Crippen molar-refractivity contribution in [3.05, 3.63) is 0 Å². The van der Waals surface area contributed by atoms with E-state index in [4.69, 9.17) is 4.74 Å². The number of ether oxygens (including phenoxy) is 1. The van der Waals surface area contributed by atoms with Crippen LogP contribution in [0.2, 0.25) is 0 Å². The van der Waals surface area contributed by atoms with Crippen LogP contribution in [0.15, 0.2) is 0 Å². The Morgan fingerprint density at radius 3 is 2.40 bits per heavy atom. The summed E-state index contributed by atoms with van der Waals surface area (Å²) in [5.74, 6) is 0. The van der Waals surface area contributed by atoms with Gasteiger partial charge in [0.2, 0.25) is 0 Å². The summed E-state index contributed by atoms with van der Waals surface area (Å²) in [4.78, 5) is 14.1. The summed E-state index contributed by atoms with van der Waals surface area (Å²) in [5.41, 5.74) is -0.00976. The van der Waals surface area contributed by atoms with Crippen LogP contribution in [0.4, 0.5) is 4.79 Å². The van der Waals surface area contributed by atoms with Crippen LogP contribution in [0, 0.1) is 5.41 Å². The Labute approximate surface area is 99.3 Å². The molecule has 1 aliphatic carbocycles. The van der Waals surface area contributed by atoms with Crippen LogP contribution >= 0.6 is 15.9 Å². The van der Waals surface area contributed by atoms with Gasteiger partial charge >= 0.3 is 6.09 Å². The molecular formula is C11H18BrNO2. The molecule has 1 spiro atoms. The first-order valence-electron chi connectivity index (χ1n) is 5.44. The van der Waals surface area contributed by atoms with Gasteiger partial charge in [-0.2, -0.15) is 0 Å². The third-order valence-electron chi connectivity index (χ3n) is 3.22. The van der Waals surface area contributed by atoms with Gasteiger partial charge in [-0.05, 0) is 33.6 Å². The van der Waals surface area contributed by atoms with Gasteiger partial charge in [-0.1, -0.05) is 15.9 Å². The van der Waals surface area contributed by atoms with Gasteiger partial charge in [-0.25, -0.2) is 4.79 Å². The summed E-state index contributed by atoms with van der Waals surface area (Å²) in [6.45, 7) is 7.42. The lowest BCUT2D eigenvalue weighted by atomic mass is 9.63. The smallest absolute Gasteiger partial charge is 0.410 e. The largest absolute Gasteiger partial charge is 0.444 e. The van der Waals surface area contributed by atoms with Crippen molar-refractivity contribution < 1.29 is 9.53 Å². The van der Waals surface area contributed by atoms with Crippen molar-refractivity contribution in [2.24, 2.45) is 5.41 Å². The van der Waals surface area contributed by atoms with Crippen LogP contribution in [-0.4, -0.2) is 34.5 Å². The fourth-order valence-corrected chi connectivity index (χ4v) is 2.93. The second kappa shape index (κ2) is 3.37. The first kappa shape index (κ1) is 11.2. The molecule has 2 rings (SSSR count). The summed E-state index contributed by atoms with van der Waals surface area (Å²) in [5, 5.41) is 0. The Bertz CT molecular complexity index is 279. The fraction of sp³-hybridized carbons (Fsp3) is 0.909. The van der Waals surface area contributed by atoms with Gasteiger partial charge in [-0.3, -0.25) is 0 Å². The van der Waals surface area contributed by atoms with E-state index < -0.39 is 0 Å². The molecule has 2 aliphatic rings. The third-order valence-corrected chi connectivity index (χ3v) is 4.65. The molecule has 3 nitrogen and oxygen atoms in total. The molecule has 1 saturated heterocycles. The van der Waals surface area contributed by atoms with Crippen molar-refractivity contribution in [2.45, 2.75) is 44.0 Å². The molecule has 86 valence electrons. The number of alkyl halides is 1. The van der Waals surface area contributed by atoms with E-state index in [0.717, 1.165) is 13.1 Å². The number of carbonyl (C=O) groups excluding carboxylic acids is 1. The molecular weight excluding hydrogens is 258 g/mol. The lowest BCUT2D eigenvalue weighted by Crippen LogP contribution is -2.66. The normalized spacial score (nSPS) is 28.3. The van der Waals surface area contributed by atoms with E-state index in [2.05, 4.69) is 15.9 Å². The van der Waals surface area contributed by atoms with E-state index in [9.17, 15) is 4.79 Å². The second-order valence-electron chi connectivity index (χ2n) is 5.70. The van der Waals surface area contributed by atoms with Crippen LogP contribution in [0.1, 0.15) is 33.6 Å². The number of carbonyl (C=O) groups is 1. The van der Waals surface area contributed by atoms with Gasteiger partial charge in [-0.15, -0.1) is 0 Å². The van der Waals surface area contributed by atoms with E-state index in [1.807, 2.05) is 20.8 Å². The molecule has 1 saturated carbocycles. The lowest BCUT2D eigenvalue weighted by molar-refractivity contribution is -0.0627. The SMILES string of the molecule is CC(C)(C)OC(=O)N1CC2(CCC2Br)C1. The van der Waals surface area contributed by atoms with E-state index >= 15 is 0 Å². The van der Waals surface area contributed by atoms with Crippen molar-refractivity contribution in [1.82, 2.24) is 4.90 Å². The van der Waals surface area contributed by atoms with Crippen LogP contribution in [0.3, 0.4) is 0 Å². The number of halogens is 1. The van der Waals surface area contributed by atoms with Gasteiger partial charge in [0.1, 0.15) is 5.60 Å². The Balaban J connectivity index is 1.82. The standard InChI is InChI=1S/C11H18BrNO2/c1-10(2,3)15-9(14)13-6-11(7-13)5-4-8(11)12/h8H,4-7H2,1-3H3. The molecule has 1 aliphatic heterocycles. The molecule has 0 radical (unpaired) electrons. The monoisotopic (exact) mass is 275 g/mol. The van der Waals surface area contributed by atoms with E-state index in [-0.39, 0.29) is 11.7 Å². The Hall–Kier alpha value is -0.250. The zero-order chi connectivity index (χ0) is 11.3. The van der Waals surface area contributed by atoms with Gasteiger partial charge in [0.15, 0.2) is 0 Å². The number of rotatable bonds is 0. The van der Waals surface area contributed by atoms with E-state index in [0.29, 0.717) is 10.2 Å². The summed E-state index contributed by atoms with van der Waals surface area (Å²) >= 11 is 3.65. The molecule has 1 unspecified atom stereocenters. The maximum atomic E-state index is 11.7. The van der Waals surface area contributed by atoms with Crippen molar-refractivity contribution in [3.8, 4) is 0 Å². The molecule has 0 aromatic heterocycles. The highest BCUT2D eigenvalue weighted by atomic mass is 79.9. The van der Waals surface area contributed by atoms with Crippen molar-refractivity contribution in [1.29, 1.82) is 0 Å². The van der Waals surface area contributed by atoms with Crippen LogP contribution in [0.5, 0.6) is 0 Å². The minimum Gasteiger partial charge on any atom is -0.444 e. The maximum absolute atomic E-state index is 11.7. The molecule has 1 amide bonds. The number of hydrogen-bond donors (Lipinski definition) is 0. The minimum absolute atomic E-state index is 0.167. The molecule has 0 aromatic carbocycles. The summed E-state index contributed by atoms with van der Waals surface area (Å²) in [6, 6.07) is 0. The second-order valence-corrected chi connectivity index (χ2v) is 6.81. The maximum Gasteiger partial charge on any atom is 0.410 e. The van der Waals surface area contributed by atoms with Gasteiger partial charge in [0.25, 0.3) is 0 Å². The zero-order valence-corrected chi connectivity index (χ0v) is 11.1. The van der Waals surface area contributed by atoms with Crippen molar-refractivity contribution in [3.63, 3.8) is 0 Å². The topological polar surface area (TPSA) is 29.5 Å². The molecule has 1 heterocycles. The number of nitrogens with zero attached hydrogens (tertiary/aromatic N) is 1. The van der Waals surface area contributed by atoms with Gasteiger partial charge in [0, 0.05) is 23.3 Å². The molecule has 15 heavy (non-hydrogen) atoms. The van der Waals surface area contributed by atoms with Crippen LogP contribution < -0.4 is 0 Å². The lowest BCUT2D eigenvalue weighted by Gasteiger charge is -2.58. The first-order valence-corrected chi connectivity index (χ1v) is 6.36. The number of hydrogen-bond acceptors (Lipinski definition) is 2. The highest BCUT2D eigenvalue weighted by Crippen LogP contribution is 2.52. The van der Waals surface area contributed by atoms with E-state index in [1.54, 1.807) is 4.90 Å². The first-order chi connectivity index (χ1) is 6.82. The number of likely N-dealkylation sites (tertiary alicyclic amines) is 1. The molecule has 0 N–H and O–H groups in total. The Kier molecular flexibility index (Phi) is 2.53. The van der Waals surface area contributed by atoms with Gasteiger partial charge < -0.3 is 9.64 Å². The summed E-state index contributed by atoms with van der Waals surface area (Å²) < 4.78 is 5.31. The van der Waals surface area contributed by atoms with Gasteiger partial charge in [0.05, 0.1) is 0 Å². The molecule has 1 atom stereocenters. The minimum atomic E-state index is -0.382. The average molecular weight is 276 g/mol. The molecule has 0 aromatic rings. The van der Waals surface area contributed by atoms with Crippen molar-refractivity contribution in [2.75, 3.05) is 13.1 Å².